The number of alkyl carbamates (subject to hydrolysis) is 1. The highest BCUT2D eigenvalue weighted by Gasteiger charge is 2.31. The van der Waals surface area contributed by atoms with Gasteiger partial charge in [-0.3, -0.25) is 0 Å². The molecule has 1 aliphatic carbocycles. The van der Waals surface area contributed by atoms with Gasteiger partial charge in [-0.25, -0.2) is 9.78 Å². The van der Waals surface area contributed by atoms with Gasteiger partial charge in [0.15, 0.2) is 0 Å². The summed E-state index contributed by atoms with van der Waals surface area (Å²) in [5, 5.41) is 6.35. The minimum absolute atomic E-state index is 0.217. The van der Waals surface area contributed by atoms with Gasteiger partial charge in [-0.05, 0) is 33.6 Å². The number of nitrogens with zero attached hydrogens (tertiary/aromatic N) is 2. The minimum Gasteiger partial charge on any atom is -0.444 e. The third-order valence-electron chi connectivity index (χ3n) is 3.35. The minimum atomic E-state index is -0.439. The number of ether oxygens (including phenoxy) is 1. The summed E-state index contributed by atoms with van der Waals surface area (Å²) in [6.45, 7) is 6.41. The van der Waals surface area contributed by atoms with Crippen molar-refractivity contribution in [1.29, 1.82) is 0 Å². The third-order valence-corrected chi connectivity index (χ3v) is 3.35. The molecule has 1 heterocycles. The Morgan fingerprint density at radius 2 is 2.15 bits per heavy atom. The number of aryl methyl sites for hydroxylation is 1. The predicted octanol–water partition coefficient (Wildman–Crippen LogP) is 1.57. The summed E-state index contributed by atoms with van der Waals surface area (Å²) >= 11 is 0. The van der Waals surface area contributed by atoms with E-state index < -0.39 is 5.60 Å². The molecule has 0 bridgehead atoms. The summed E-state index contributed by atoms with van der Waals surface area (Å²) < 4.78 is 7.23. The Kier molecular flexibility index (Phi) is 4.32. The molecule has 0 saturated heterocycles. The first-order chi connectivity index (χ1) is 9.33. The van der Waals surface area contributed by atoms with Gasteiger partial charge in [-0.1, -0.05) is 0 Å². The van der Waals surface area contributed by atoms with Crippen molar-refractivity contribution in [3.8, 4) is 0 Å². The maximum atomic E-state index is 11.6. The molecule has 0 atom stereocenters. The second-order valence-electron chi connectivity index (χ2n) is 6.39. The van der Waals surface area contributed by atoms with Crippen LogP contribution in [0.4, 0.5) is 4.79 Å². The number of aromatic nitrogens is 2. The van der Waals surface area contributed by atoms with Crippen molar-refractivity contribution >= 4 is 6.09 Å². The Morgan fingerprint density at radius 1 is 1.45 bits per heavy atom. The Hall–Kier alpha value is -1.56. The molecule has 1 aliphatic rings. The predicted molar refractivity (Wildman–Crippen MR) is 76.2 cm³/mol. The molecule has 1 aromatic rings. The maximum absolute atomic E-state index is 11.6. The van der Waals surface area contributed by atoms with E-state index in [0.29, 0.717) is 6.04 Å². The molecule has 1 amide bonds. The first kappa shape index (κ1) is 14.8. The van der Waals surface area contributed by atoms with Crippen molar-refractivity contribution in [2.24, 2.45) is 7.05 Å². The molecule has 112 valence electrons. The fourth-order valence-corrected chi connectivity index (χ4v) is 2.18. The van der Waals surface area contributed by atoms with E-state index in [1.165, 1.54) is 0 Å². The molecule has 1 aromatic heterocycles. The Balaban J connectivity index is 1.63. The Bertz CT molecular complexity index is 458. The Labute approximate surface area is 119 Å². The highest BCUT2D eigenvalue weighted by Crippen LogP contribution is 2.21. The van der Waals surface area contributed by atoms with E-state index >= 15 is 0 Å². The van der Waals surface area contributed by atoms with Crippen LogP contribution in [0.15, 0.2) is 12.5 Å². The van der Waals surface area contributed by atoms with Crippen molar-refractivity contribution in [3.63, 3.8) is 0 Å². The van der Waals surface area contributed by atoms with E-state index in [1.54, 1.807) is 6.33 Å². The third kappa shape index (κ3) is 4.23. The maximum Gasteiger partial charge on any atom is 0.407 e. The van der Waals surface area contributed by atoms with Crippen LogP contribution in [-0.2, 0) is 18.3 Å². The average Bonchev–Trinajstić information content (AvgIpc) is 2.64. The largest absolute Gasteiger partial charge is 0.444 e. The van der Waals surface area contributed by atoms with Gasteiger partial charge in [0.1, 0.15) is 5.60 Å². The number of carbonyl (C=O) groups excluding carboxylic acids is 1. The van der Waals surface area contributed by atoms with E-state index in [0.717, 1.165) is 25.1 Å². The van der Waals surface area contributed by atoms with Gasteiger partial charge in [0.2, 0.25) is 0 Å². The van der Waals surface area contributed by atoms with Crippen LogP contribution in [0.25, 0.3) is 0 Å². The molecule has 0 radical (unpaired) electrons. The van der Waals surface area contributed by atoms with Gasteiger partial charge in [0.25, 0.3) is 0 Å². The molecule has 1 saturated carbocycles. The van der Waals surface area contributed by atoms with Crippen molar-refractivity contribution in [1.82, 2.24) is 20.2 Å². The van der Waals surface area contributed by atoms with Crippen LogP contribution in [-0.4, -0.2) is 33.3 Å². The molecule has 0 aliphatic heterocycles. The lowest BCUT2D eigenvalue weighted by atomic mass is 9.87. The van der Waals surface area contributed by atoms with Crippen molar-refractivity contribution < 1.29 is 9.53 Å². The first-order valence-corrected chi connectivity index (χ1v) is 7.01. The van der Waals surface area contributed by atoms with Crippen LogP contribution < -0.4 is 10.6 Å². The smallest absolute Gasteiger partial charge is 0.407 e. The lowest BCUT2D eigenvalue weighted by Crippen LogP contribution is -2.53. The SMILES string of the molecule is Cn1cncc1CNC1CC(NC(=O)OC(C)(C)C)C1. The summed E-state index contributed by atoms with van der Waals surface area (Å²) in [6, 6.07) is 0.665. The van der Waals surface area contributed by atoms with Gasteiger partial charge >= 0.3 is 6.09 Å². The average molecular weight is 280 g/mol. The molecular formula is C14H24N4O2. The number of imidazole rings is 1. The topological polar surface area (TPSA) is 68.2 Å². The molecule has 0 aromatic carbocycles. The van der Waals surface area contributed by atoms with Crippen LogP contribution in [0.5, 0.6) is 0 Å². The van der Waals surface area contributed by atoms with Crippen LogP contribution in [0, 0.1) is 0 Å². The molecule has 6 heteroatoms. The summed E-state index contributed by atoms with van der Waals surface area (Å²) in [6.07, 6.45) is 5.22. The van der Waals surface area contributed by atoms with Gasteiger partial charge in [0.05, 0.1) is 12.0 Å². The number of carbonyl (C=O) groups is 1. The van der Waals surface area contributed by atoms with Crippen LogP contribution in [0.2, 0.25) is 0 Å². The van der Waals surface area contributed by atoms with Crippen LogP contribution >= 0.6 is 0 Å². The Morgan fingerprint density at radius 3 is 2.70 bits per heavy atom. The number of rotatable bonds is 4. The van der Waals surface area contributed by atoms with Gasteiger partial charge in [0, 0.05) is 31.9 Å². The van der Waals surface area contributed by atoms with Crippen LogP contribution in [0.1, 0.15) is 39.3 Å². The lowest BCUT2D eigenvalue weighted by molar-refractivity contribution is 0.0465. The van der Waals surface area contributed by atoms with E-state index in [9.17, 15) is 4.79 Å². The standard InChI is InChI=1S/C14H24N4O2/c1-14(2,3)20-13(19)17-11-5-10(6-11)16-8-12-7-15-9-18(12)4/h7,9-11,16H,5-6,8H2,1-4H3,(H,17,19). The molecule has 1 fully saturated rings. The molecule has 6 nitrogen and oxygen atoms in total. The normalized spacial score (nSPS) is 22.2. The zero-order chi connectivity index (χ0) is 14.8. The number of hydrogen-bond acceptors (Lipinski definition) is 4. The fraction of sp³-hybridized carbons (Fsp3) is 0.714. The molecule has 0 unspecified atom stereocenters. The zero-order valence-corrected chi connectivity index (χ0v) is 12.6. The number of hydrogen-bond donors (Lipinski definition) is 2. The van der Waals surface area contributed by atoms with E-state index in [2.05, 4.69) is 15.6 Å². The van der Waals surface area contributed by atoms with Gasteiger partial charge in [-0.2, -0.15) is 0 Å². The molecule has 0 spiro atoms. The van der Waals surface area contributed by atoms with Gasteiger partial charge in [-0.15, -0.1) is 0 Å². The molecule has 2 N–H and O–H groups in total. The summed E-state index contributed by atoms with van der Waals surface area (Å²) in [4.78, 5) is 15.7. The lowest BCUT2D eigenvalue weighted by Gasteiger charge is -2.36. The number of amides is 1. The van der Waals surface area contributed by atoms with E-state index in [-0.39, 0.29) is 12.1 Å². The van der Waals surface area contributed by atoms with E-state index in [4.69, 9.17) is 4.74 Å². The molecule has 20 heavy (non-hydrogen) atoms. The highest BCUT2D eigenvalue weighted by atomic mass is 16.6. The quantitative estimate of drug-likeness (QED) is 0.878. The van der Waals surface area contributed by atoms with E-state index in [1.807, 2.05) is 38.6 Å². The summed E-state index contributed by atoms with van der Waals surface area (Å²) in [5.41, 5.74) is 0.721. The molecular weight excluding hydrogens is 256 g/mol. The second kappa shape index (κ2) is 5.83. The van der Waals surface area contributed by atoms with Crippen LogP contribution in [0.3, 0.4) is 0 Å². The monoisotopic (exact) mass is 280 g/mol. The van der Waals surface area contributed by atoms with Crippen molar-refractivity contribution in [2.75, 3.05) is 0 Å². The van der Waals surface area contributed by atoms with Crippen molar-refractivity contribution in [2.45, 2.75) is 57.8 Å². The molecule has 2 rings (SSSR count). The zero-order valence-electron chi connectivity index (χ0n) is 12.6. The van der Waals surface area contributed by atoms with Gasteiger partial charge < -0.3 is 19.9 Å². The first-order valence-electron chi connectivity index (χ1n) is 7.01. The number of nitrogens with one attached hydrogen (secondary N) is 2. The van der Waals surface area contributed by atoms with Crippen molar-refractivity contribution in [3.05, 3.63) is 18.2 Å². The second-order valence-corrected chi connectivity index (χ2v) is 6.39. The summed E-state index contributed by atoms with van der Waals surface area (Å²) in [5.74, 6) is 0. The fourth-order valence-electron chi connectivity index (χ4n) is 2.18. The summed E-state index contributed by atoms with van der Waals surface area (Å²) in [7, 11) is 1.98. The highest BCUT2D eigenvalue weighted by molar-refractivity contribution is 5.68.